The molecule has 32 heavy (non-hydrogen) atoms. The summed E-state index contributed by atoms with van der Waals surface area (Å²) < 4.78 is 41.2. The Bertz CT molecular complexity index is 1400. The molecule has 0 saturated heterocycles. The lowest BCUT2D eigenvalue weighted by Crippen LogP contribution is -2.28. The van der Waals surface area contributed by atoms with E-state index in [4.69, 9.17) is 23.2 Å². The van der Waals surface area contributed by atoms with Crippen molar-refractivity contribution in [3.05, 3.63) is 81.0 Å². The van der Waals surface area contributed by atoms with E-state index in [-0.39, 0.29) is 21.7 Å². The highest BCUT2D eigenvalue weighted by molar-refractivity contribution is 6.33. The van der Waals surface area contributed by atoms with Gasteiger partial charge in [-0.3, -0.25) is 14.2 Å². The maximum atomic E-state index is 12.9. The van der Waals surface area contributed by atoms with E-state index >= 15 is 0 Å². The fourth-order valence-corrected chi connectivity index (χ4v) is 3.35. The molecule has 2 heterocycles. The topological polar surface area (TPSA) is 81.8 Å². The van der Waals surface area contributed by atoms with Crippen LogP contribution in [0.25, 0.3) is 16.7 Å². The fraction of sp³-hybridized carbons (Fsp3) is 0.100. The average Bonchev–Trinajstić information content (AvgIpc) is 3.16. The SMILES string of the molecule is O=C(Cn1cnc2c(cnn2-c2cccc(Cl)c2)c1=O)Nc1cc(C(F)(F)F)ccc1Cl. The Morgan fingerprint density at radius 1 is 1.12 bits per heavy atom. The smallest absolute Gasteiger partial charge is 0.323 e. The summed E-state index contributed by atoms with van der Waals surface area (Å²) in [6.45, 7) is -0.489. The molecule has 4 rings (SSSR count). The molecule has 0 saturated carbocycles. The van der Waals surface area contributed by atoms with Crippen LogP contribution in [0.1, 0.15) is 5.56 Å². The lowest BCUT2D eigenvalue weighted by molar-refractivity contribution is -0.137. The number of carbonyl (C=O) groups excluding carboxylic acids is 1. The first kappa shape index (κ1) is 21.8. The van der Waals surface area contributed by atoms with Crippen molar-refractivity contribution in [2.24, 2.45) is 0 Å². The largest absolute Gasteiger partial charge is 0.416 e. The Balaban J connectivity index is 1.60. The first-order chi connectivity index (χ1) is 15.1. The maximum absolute atomic E-state index is 12.9. The van der Waals surface area contributed by atoms with Crippen molar-refractivity contribution in [2.45, 2.75) is 12.7 Å². The molecule has 0 bridgehead atoms. The number of benzene rings is 2. The van der Waals surface area contributed by atoms with Gasteiger partial charge in [-0.25, -0.2) is 9.67 Å². The molecule has 2 aromatic carbocycles. The molecular weight excluding hydrogens is 470 g/mol. The van der Waals surface area contributed by atoms with E-state index in [2.05, 4.69) is 15.4 Å². The number of hydrogen-bond acceptors (Lipinski definition) is 4. The second-order valence-electron chi connectivity index (χ2n) is 6.69. The highest BCUT2D eigenvalue weighted by Crippen LogP contribution is 2.33. The van der Waals surface area contributed by atoms with Crippen molar-refractivity contribution < 1.29 is 18.0 Å². The molecule has 4 aromatic rings. The van der Waals surface area contributed by atoms with Gasteiger partial charge in [0.1, 0.15) is 18.3 Å². The van der Waals surface area contributed by atoms with Crippen LogP contribution in [0.4, 0.5) is 18.9 Å². The van der Waals surface area contributed by atoms with E-state index in [9.17, 15) is 22.8 Å². The zero-order valence-corrected chi connectivity index (χ0v) is 17.4. The van der Waals surface area contributed by atoms with E-state index in [1.54, 1.807) is 24.3 Å². The Kier molecular flexibility index (Phi) is 5.66. The number of anilines is 1. The van der Waals surface area contributed by atoms with Crippen molar-refractivity contribution in [1.82, 2.24) is 19.3 Å². The van der Waals surface area contributed by atoms with Crippen molar-refractivity contribution in [2.75, 3.05) is 5.32 Å². The zero-order valence-electron chi connectivity index (χ0n) is 15.9. The molecule has 12 heteroatoms. The van der Waals surface area contributed by atoms with Crippen molar-refractivity contribution in [3.8, 4) is 5.69 Å². The van der Waals surface area contributed by atoms with E-state index in [0.29, 0.717) is 10.7 Å². The molecule has 0 unspecified atom stereocenters. The summed E-state index contributed by atoms with van der Waals surface area (Å²) in [7, 11) is 0. The van der Waals surface area contributed by atoms with Gasteiger partial charge in [0.25, 0.3) is 5.56 Å². The summed E-state index contributed by atoms with van der Waals surface area (Å²) in [5, 5.41) is 7.00. The van der Waals surface area contributed by atoms with Gasteiger partial charge in [0.15, 0.2) is 5.65 Å². The second kappa shape index (κ2) is 8.29. The molecule has 0 atom stereocenters. The molecular formula is C20H12Cl2F3N5O2. The van der Waals surface area contributed by atoms with Crippen LogP contribution in [0.3, 0.4) is 0 Å². The van der Waals surface area contributed by atoms with Gasteiger partial charge in [0.05, 0.1) is 28.2 Å². The van der Waals surface area contributed by atoms with Crippen LogP contribution in [-0.2, 0) is 17.5 Å². The monoisotopic (exact) mass is 481 g/mol. The highest BCUT2D eigenvalue weighted by Gasteiger charge is 2.31. The van der Waals surface area contributed by atoms with E-state index in [1.165, 1.54) is 10.9 Å². The number of rotatable bonds is 4. The van der Waals surface area contributed by atoms with Gasteiger partial charge in [0, 0.05) is 5.02 Å². The number of hydrogen-bond donors (Lipinski definition) is 1. The molecule has 2 aromatic heterocycles. The Labute approximate surface area is 188 Å². The number of halogens is 5. The Morgan fingerprint density at radius 3 is 2.62 bits per heavy atom. The van der Waals surface area contributed by atoms with E-state index < -0.39 is 29.8 Å². The standard InChI is InChI=1S/C20H12Cl2F3N5O2/c21-12-2-1-3-13(7-12)30-18-14(8-27-30)19(32)29(10-26-18)9-17(31)28-16-6-11(20(23,24)25)4-5-15(16)22/h1-8,10H,9H2,(H,28,31). The maximum Gasteiger partial charge on any atom is 0.416 e. The van der Waals surface area contributed by atoms with Crippen LogP contribution in [-0.4, -0.2) is 25.2 Å². The first-order valence-electron chi connectivity index (χ1n) is 8.99. The summed E-state index contributed by atoms with van der Waals surface area (Å²) >= 11 is 11.9. The number of nitrogens with one attached hydrogen (secondary N) is 1. The van der Waals surface area contributed by atoms with Gasteiger partial charge in [-0.2, -0.15) is 18.3 Å². The van der Waals surface area contributed by atoms with Gasteiger partial charge in [-0.15, -0.1) is 0 Å². The minimum absolute atomic E-state index is 0.0740. The van der Waals surface area contributed by atoms with Gasteiger partial charge in [0.2, 0.25) is 5.91 Å². The molecule has 164 valence electrons. The van der Waals surface area contributed by atoms with Crippen LogP contribution in [0.15, 0.2) is 59.8 Å². The van der Waals surface area contributed by atoms with E-state index in [1.807, 2.05) is 0 Å². The summed E-state index contributed by atoms with van der Waals surface area (Å²) in [6, 6.07) is 9.34. The summed E-state index contributed by atoms with van der Waals surface area (Å²) in [5.74, 6) is -0.753. The molecule has 0 radical (unpaired) electrons. The van der Waals surface area contributed by atoms with Crippen molar-refractivity contribution in [3.63, 3.8) is 0 Å². The summed E-state index contributed by atoms with van der Waals surface area (Å²) in [5.41, 5.74) is -0.884. The summed E-state index contributed by atoms with van der Waals surface area (Å²) in [4.78, 5) is 29.3. The van der Waals surface area contributed by atoms with Gasteiger partial charge in [-0.1, -0.05) is 29.3 Å². The van der Waals surface area contributed by atoms with E-state index in [0.717, 1.165) is 29.1 Å². The van der Waals surface area contributed by atoms with Crippen LogP contribution >= 0.6 is 23.2 Å². The number of fused-ring (bicyclic) bond motifs is 1. The lowest BCUT2D eigenvalue weighted by Gasteiger charge is -2.12. The average molecular weight is 482 g/mol. The third-order valence-corrected chi connectivity index (χ3v) is 5.05. The number of amides is 1. The minimum Gasteiger partial charge on any atom is -0.323 e. The minimum atomic E-state index is -4.60. The number of nitrogens with zero attached hydrogens (tertiary/aromatic N) is 4. The molecule has 1 N–H and O–H groups in total. The quantitative estimate of drug-likeness (QED) is 0.463. The van der Waals surface area contributed by atoms with Crippen LogP contribution in [0.5, 0.6) is 0 Å². The third-order valence-electron chi connectivity index (χ3n) is 4.49. The molecule has 0 fully saturated rings. The first-order valence-corrected chi connectivity index (χ1v) is 9.75. The fourth-order valence-electron chi connectivity index (χ4n) is 3.00. The Morgan fingerprint density at radius 2 is 1.91 bits per heavy atom. The van der Waals surface area contributed by atoms with Crippen LogP contribution < -0.4 is 10.9 Å². The number of aromatic nitrogens is 4. The second-order valence-corrected chi connectivity index (χ2v) is 7.54. The van der Waals surface area contributed by atoms with Gasteiger partial charge in [-0.05, 0) is 36.4 Å². The predicted molar refractivity (Wildman–Crippen MR) is 113 cm³/mol. The zero-order chi connectivity index (χ0) is 23.0. The molecule has 0 spiro atoms. The van der Waals surface area contributed by atoms with Crippen molar-refractivity contribution >= 4 is 45.8 Å². The molecule has 1 amide bonds. The molecule has 0 aliphatic rings. The van der Waals surface area contributed by atoms with Crippen molar-refractivity contribution in [1.29, 1.82) is 0 Å². The molecule has 0 aliphatic heterocycles. The normalized spacial score (nSPS) is 11.7. The molecule has 7 nitrogen and oxygen atoms in total. The third kappa shape index (κ3) is 4.32. The summed E-state index contributed by atoms with van der Waals surface area (Å²) in [6.07, 6.45) is -2.14. The Hall–Kier alpha value is -3.37. The highest BCUT2D eigenvalue weighted by atomic mass is 35.5. The van der Waals surface area contributed by atoms with Gasteiger partial charge < -0.3 is 5.32 Å². The number of alkyl halides is 3. The lowest BCUT2D eigenvalue weighted by atomic mass is 10.2. The number of carbonyl (C=O) groups is 1. The predicted octanol–water partition coefficient (Wildman–Crippen LogP) is 4.55. The molecule has 0 aliphatic carbocycles. The van der Waals surface area contributed by atoms with Gasteiger partial charge >= 0.3 is 6.18 Å². The van der Waals surface area contributed by atoms with Crippen LogP contribution in [0.2, 0.25) is 10.0 Å². The van der Waals surface area contributed by atoms with Crippen LogP contribution in [0, 0.1) is 0 Å².